The van der Waals surface area contributed by atoms with Gasteiger partial charge in [-0.2, -0.15) is 0 Å². The largest absolute Gasteiger partial charge is 0.481 e. The molecule has 1 unspecified atom stereocenters. The van der Waals surface area contributed by atoms with Gasteiger partial charge in [0.15, 0.2) is 0 Å². The molecule has 1 amide bonds. The van der Waals surface area contributed by atoms with Crippen LogP contribution in [0.1, 0.15) is 52.7 Å². The number of aryl methyl sites for hydroxylation is 2. The maximum absolute atomic E-state index is 13.0. The van der Waals surface area contributed by atoms with Crippen molar-refractivity contribution in [1.82, 2.24) is 4.90 Å². The van der Waals surface area contributed by atoms with E-state index in [1.807, 2.05) is 0 Å². The Morgan fingerprint density at radius 1 is 1.32 bits per heavy atom. The minimum Gasteiger partial charge on any atom is -0.481 e. The molecule has 0 spiro atoms. The summed E-state index contributed by atoms with van der Waals surface area (Å²) in [7, 11) is 0. The van der Waals surface area contributed by atoms with Crippen molar-refractivity contribution in [2.45, 2.75) is 46.5 Å². The predicted molar refractivity (Wildman–Crippen MR) is 92.8 cm³/mol. The smallest absolute Gasteiger partial charge is 0.303 e. The summed E-state index contributed by atoms with van der Waals surface area (Å²) in [5.41, 5.74) is 2.08. The fraction of sp³-hybridized carbons (Fsp3) is 0.556. The lowest BCUT2D eigenvalue weighted by atomic mass is 9.91. The number of likely N-dealkylation sites (tertiary alicyclic amines) is 1. The van der Waals surface area contributed by atoms with E-state index in [4.69, 9.17) is 5.11 Å². The third-order valence-corrected chi connectivity index (χ3v) is 4.90. The van der Waals surface area contributed by atoms with Gasteiger partial charge in [0.25, 0.3) is 11.6 Å². The number of rotatable bonds is 5. The topological polar surface area (TPSA) is 101 Å². The van der Waals surface area contributed by atoms with E-state index < -0.39 is 10.9 Å². The summed E-state index contributed by atoms with van der Waals surface area (Å²) in [6.45, 7) is 6.20. The van der Waals surface area contributed by atoms with Crippen LogP contribution in [-0.4, -0.2) is 39.9 Å². The third kappa shape index (κ3) is 4.15. The number of carbonyl (C=O) groups is 2. The zero-order valence-corrected chi connectivity index (χ0v) is 14.9. The van der Waals surface area contributed by atoms with Crippen molar-refractivity contribution < 1.29 is 19.6 Å². The third-order valence-electron chi connectivity index (χ3n) is 4.90. The molecule has 7 nitrogen and oxygen atoms in total. The van der Waals surface area contributed by atoms with Gasteiger partial charge in [0.1, 0.15) is 0 Å². The molecule has 1 atom stereocenters. The van der Waals surface area contributed by atoms with Crippen LogP contribution in [0.3, 0.4) is 0 Å². The van der Waals surface area contributed by atoms with Crippen LogP contribution in [0.15, 0.2) is 6.07 Å². The Morgan fingerprint density at radius 2 is 2.00 bits per heavy atom. The van der Waals surface area contributed by atoms with Gasteiger partial charge in [-0.05, 0) is 57.6 Å². The molecule has 0 bridgehead atoms. The number of nitrogens with zero attached hydrogens (tertiary/aromatic N) is 2. The molecule has 1 aromatic rings. The van der Waals surface area contributed by atoms with Crippen LogP contribution in [0, 0.1) is 36.8 Å². The zero-order valence-electron chi connectivity index (χ0n) is 14.9. The second-order valence-electron chi connectivity index (χ2n) is 6.81. The second-order valence-corrected chi connectivity index (χ2v) is 6.81. The number of hydrogen-bond donors (Lipinski definition) is 1. The Bertz CT molecular complexity index is 714. The highest BCUT2D eigenvalue weighted by Gasteiger charge is 2.29. The summed E-state index contributed by atoms with van der Waals surface area (Å²) in [6.07, 6.45) is 2.37. The standard InChI is InChI=1S/C18H24N2O5/c1-11-9-12(2)17(20(24)25)13(3)16(11)18(23)19-8-4-5-14(10-19)6-7-15(21)22/h9,14H,4-8,10H2,1-3H3,(H,21,22). The molecule has 0 radical (unpaired) electrons. The second kappa shape index (κ2) is 7.63. The number of aliphatic carboxylic acids is 1. The van der Waals surface area contributed by atoms with Crippen molar-refractivity contribution in [3.8, 4) is 0 Å². The number of nitro benzene ring substituents is 1. The fourth-order valence-electron chi connectivity index (χ4n) is 3.76. The molecular weight excluding hydrogens is 324 g/mol. The molecule has 25 heavy (non-hydrogen) atoms. The summed E-state index contributed by atoms with van der Waals surface area (Å²) >= 11 is 0. The molecule has 1 heterocycles. The minimum absolute atomic E-state index is 0.00612. The lowest BCUT2D eigenvalue weighted by Gasteiger charge is -2.33. The van der Waals surface area contributed by atoms with Crippen LogP contribution < -0.4 is 0 Å². The minimum atomic E-state index is -0.829. The van der Waals surface area contributed by atoms with Gasteiger partial charge in [-0.25, -0.2) is 0 Å². The Morgan fingerprint density at radius 3 is 2.60 bits per heavy atom. The highest BCUT2D eigenvalue weighted by atomic mass is 16.6. The van der Waals surface area contributed by atoms with E-state index in [0.717, 1.165) is 18.4 Å². The number of carbonyl (C=O) groups excluding carboxylic acids is 1. The van der Waals surface area contributed by atoms with Gasteiger partial charge in [-0.1, -0.05) is 0 Å². The van der Waals surface area contributed by atoms with E-state index >= 15 is 0 Å². The fourth-order valence-corrected chi connectivity index (χ4v) is 3.76. The van der Waals surface area contributed by atoms with Crippen molar-refractivity contribution in [3.63, 3.8) is 0 Å². The number of nitro groups is 1. The number of carboxylic acids is 1. The molecule has 136 valence electrons. The average Bonchev–Trinajstić information content (AvgIpc) is 2.52. The monoisotopic (exact) mass is 348 g/mol. The van der Waals surface area contributed by atoms with Crippen LogP contribution in [-0.2, 0) is 4.79 Å². The van der Waals surface area contributed by atoms with Crippen molar-refractivity contribution >= 4 is 17.6 Å². The quantitative estimate of drug-likeness (QED) is 0.650. The first-order valence-corrected chi connectivity index (χ1v) is 8.48. The Labute approximate surface area is 146 Å². The molecule has 0 aromatic heterocycles. The molecule has 1 fully saturated rings. The van der Waals surface area contributed by atoms with Crippen LogP contribution in [0.4, 0.5) is 5.69 Å². The lowest BCUT2D eigenvalue weighted by molar-refractivity contribution is -0.386. The van der Waals surface area contributed by atoms with Crippen LogP contribution >= 0.6 is 0 Å². The SMILES string of the molecule is Cc1cc(C)c([N+](=O)[O-])c(C)c1C(=O)N1CCCC(CCC(=O)O)C1. The number of amides is 1. The van der Waals surface area contributed by atoms with Crippen molar-refractivity contribution in [1.29, 1.82) is 0 Å². The number of piperidine rings is 1. The molecule has 1 N–H and O–H groups in total. The average molecular weight is 348 g/mol. The molecule has 7 heteroatoms. The summed E-state index contributed by atoms with van der Waals surface area (Å²) < 4.78 is 0. The maximum Gasteiger partial charge on any atom is 0.303 e. The first-order valence-electron chi connectivity index (χ1n) is 8.48. The maximum atomic E-state index is 13.0. The number of carboxylic acid groups (broad SMARTS) is 1. The summed E-state index contributed by atoms with van der Waals surface area (Å²) in [5, 5.41) is 20.2. The van der Waals surface area contributed by atoms with Gasteiger partial charge >= 0.3 is 5.97 Å². The first-order chi connectivity index (χ1) is 11.7. The molecule has 0 saturated carbocycles. The van der Waals surface area contributed by atoms with Crippen LogP contribution in [0.5, 0.6) is 0 Å². The van der Waals surface area contributed by atoms with Gasteiger partial charge in [-0.3, -0.25) is 19.7 Å². The highest BCUT2D eigenvalue weighted by Crippen LogP contribution is 2.31. The highest BCUT2D eigenvalue weighted by molar-refractivity contribution is 5.98. The normalized spacial score (nSPS) is 17.4. The van der Waals surface area contributed by atoms with E-state index in [2.05, 4.69) is 0 Å². The van der Waals surface area contributed by atoms with Crippen molar-refractivity contribution in [2.75, 3.05) is 13.1 Å². The summed E-state index contributed by atoms with van der Waals surface area (Å²) in [4.78, 5) is 36.4. The summed E-state index contributed by atoms with van der Waals surface area (Å²) in [5.74, 6) is -0.864. The predicted octanol–water partition coefficient (Wildman–Crippen LogP) is 3.24. The van der Waals surface area contributed by atoms with E-state index in [0.29, 0.717) is 36.2 Å². The first kappa shape index (κ1) is 18.9. The zero-order chi connectivity index (χ0) is 18.7. The Hall–Kier alpha value is -2.44. The van der Waals surface area contributed by atoms with Crippen LogP contribution in [0.2, 0.25) is 0 Å². The molecule has 0 aliphatic carbocycles. The Balaban J connectivity index is 2.26. The van der Waals surface area contributed by atoms with Gasteiger partial charge in [0.2, 0.25) is 0 Å². The van der Waals surface area contributed by atoms with Crippen molar-refractivity contribution in [2.24, 2.45) is 5.92 Å². The van der Waals surface area contributed by atoms with E-state index in [9.17, 15) is 19.7 Å². The molecule has 1 saturated heterocycles. The van der Waals surface area contributed by atoms with Crippen molar-refractivity contribution in [3.05, 3.63) is 38.4 Å². The van der Waals surface area contributed by atoms with Crippen LogP contribution in [0.25, 0.3) is 0 Å². The van der Waals surface area contributed by atoms with Gasteiger partial charge in [0, 0.05) is 30.6 Å². The Kier molecular flexibility index (Phi) is 5.77. The lowest BCUT2D eigenvalue weighted by Crippen LogP contribution is -2.40. The van der Waals surface area contributed by atoms with E-state index in [1.54, 1.807) is 31.7 Å². The van der Waals surface area contributed by atoms with Gasteiger partial charge < -0.3 is 10.0 Å². The number of hydrogen-bond acceptors (Lipinski definition) is 4. The molecule has 1 aromatic carbocycles. The van der Waals surface area contributed by atoms with Gasteiger partial charge in [0.05, 0.1) is 10.5 Å². The van der Waals surface area contributed by atoms with Gasteiger partial charge in [-0.15, -0.1) is 0 Å². The molecule has 1 aliphatic rings. The molecule has 1 aliphatic heterocycles. The van der Waals surface area contributed by atoms with E-state index in [-0.39, 0.29) is 23.9 Å². The molecule has 2 rings (SSSR count). The molecular formula is C18H24N2O5. The number of benzene rings is 1. The summed E-state index contributed by atoms with van der Waals surface area (Å²) in [6, 6.07) is 1.68. The van der Waals surface area contributed by atoms with E-state index in [1.165, 1.54) is 0 Å².